The molecule has 50 heavy (non-hydrogen) atoms. The van der Waals surface area contributed by atoms with Crippen LogP contribution in [0.2, 0.25) is 0 Å². The van der Waals surface area contributed by atoms with Gasteiger partial charge in [-0.05, 0) is 83.6 Å². The second-order valence-electron chi connectivity index (χ2n) is 12.3. The normalized spacial score (nSPS) is 11.2. The summed E-state index contributed by atoms with van der Waals surface area (Å²) in [6, 6.07) is 65.8. The summed E-state index contributed by atoms with van der Waals surface area (Å²) in [4.78, 5) is 15.1. The van der Waals surface area contributed by atoms with Crippen molar-refractivity contribution in [3.05, 3.63) is 194 Å². The number of para-hydroxylation sites is 4. The SMILES string of the molecule is c1ccc(-c2cnc3c4cc(N(c5ccccc5)c5ccccc5)ccc4c4ccc(N(c5ccccc5)c5ccccc5)cc4c3n2)cc1. The number of benzene rings is 8. The van der Waals surface area contributed by atoms with Crippen LogP contribution in [0.1, 0.15) is 0 Å². The molecule has 0 saturated carbocycles. The summed E-state index contributed by atoms with van der Waals surface area (Å²) in [6.45, 7) is 0. The van der Waals surface area contributed by atoms with Crippen LogP contribution in [0.5, 0.6) is 0 Å². The lowest BCUT2D eigenvalue weighted by molar-refractivity contribution is 1.28. The molecule has 1 heterocycles. The van der Waals surface area contributed by atoms with E-state index < -0.39 is 0 Å². The molecule has 0 saturated heterocycles. The lowest BCUT2D eigenvalue weighted by Gasteiger charge is -2.27. The predicted octanol–water partition coefficient (Wildman–Crippen LogP) is 12.5. The van der Waals surface area contributed by atoms with Crippen molar-refractivity contribution < 1.29 is 0 Å². The Morgan fingerprint density at radius 3 is 1.12 bits per heavy atom. The van der Waals surface area contributed by atoms with E-state index in [2.05, 4.69) is 180 Å². The van der Waals surface area contributed by atoms with Gasteiger partial charge in [-0.2, -0.15) is 0 Å². The average molecular weight is 641 g/mol. The second-order valence-corrected chi connectivity index (χ2v) is 12.3. The van der Waals surface area contributed by atoms with Crippen LogP contribution in [0.25, 0.3) is 43.8 Å². The van der Waals surface area contributed by atoms with E-state index in [1.165, 1.54) is 0 Å². The molecular weight excluding hydrogens is 609 g/mol. The van der Waals surface area contributed by atoms with Crippen LogP contribution < -0.4 is 9.80 Å². The fourth-order valence-electron chi connectivity index (χ4n) is 6.93. The zero-order chi connectivity index (χ0) is 33.3. The molecule has 9 rings (SSSR count). The Labute approximate surface area is 291 Å². The van der Waals surface area contributed by atoms with Gasteiger partial charge in [0, 0.05) is 50.5 Å². The maximum absolute atomic E-state index is 5.37. The summed E-state index contributed by atoms with van der Waals surface area (Å²) < 4.78 is 0. The molecule has 8 aromatic carbocycles. The van der Waals surface area contributed by atoms with Gasteiger partial charge in [-0.3, -0.25) is 4.98 Å². The first-order valence-electron chi connectivity index (χ1n) is 16.8. The Kier molecular flexibility index (Phi) is 7.45. The molecule has 0 atom stereocenters. The Hall–Kier alpha value is -6.78. The number of aromatic nitrogens is 2. The highest BCUT2D eigenvalue weighted by molar-refractivity contribution is 6.24. The predicted molar refractivity (Wildman–Crippen MR) is 209 cm³/mol. The summed E-state index contributed by atoms with van der Waals surface area (Å²) >= 11 is 0. The zero-order valence-electron chi connectivity index (χ0n) is 27.3. The quantitative estimate of drug-likeness (QED) is 0.162. The molecule has 0 fully saturated rings. The topological polar surface area (TPSA) is 32.3 Å². The molecule has 0 aliphatic rings. The first-order valence-corrected chi connectivity index (χ1v) is 16.8. The van der Waals surface area contributed by atoms with Crippen LogP contribution in [-0.4, -0.2) is 9.97 Å². The van der Waals surface area contributed by atoms with E-state index in [1.54, 1.807) is 0 Å². The first-order chi connectivity index (χ1) is 24.8. The summed E-state index contributed by atoms with van der Waals surface area (Å²) in [5.41, 5.74) is 10.1. The molecule has 4 nitrogen and oxygen atoms in total. The first kappa shape index (κ1) is 29.4. The molecule has 9 aromatic rings. The average Bonchev–Trinajstić information content (AvgIpc) is 3.20. The minimum Gasteiger partial charge on any atom is -0.310 e. The van der Waals surface area contributed by atoms with Crippen LogP contribution in [0.3, 0.4) is 0 Å². The molecule has 0 unspecified atom stereocenters. The lowest BCUT2D eigenvalue weighted by Crippen LogP contribution is -2.10. The molecule has 0 spiro atoms. The van der Waals surface area contributed by atoms with Crippen molar-refractivity contribution in [2.75, 3.05) is 9.80 Å². The molecular formula is C46H32N4. The monoisotopic (exact) mass is 640 g/mol. The summed E-state index contributed by atoms with van der Waals surface area (Å²) in [5, 5.41) is 4.39. The Bertz CT molecular complexity index is 2500. The van der Waals surface area contributed by atoms with Gasteiger partial charge in [0.2, 0.25) is 0 Å². The number of hydrogen-bond donors (Lipinski definition) is 0. The van der Waals surface area contributed by atoms with E-state index in [9.17, 15) is 0 Å². The van der Waals surface area contributed by atoms with Crippen LogP contribution >= 0.6 is 0 Å². The maximum atomic E-state index is 5.37. The van der Waals surface area contributed by atoms with E-state index in [0.29, 0.717) is 0 Å². The van der Waals surface area contributed by atoms with Crippen molar-refractivity contribution in [3.8, 4) is 11.3 Å². The van der Waals surface area contributed by atoms with Crippen molar-refractivity contribution in [2.24, 2.45) is 0 Å². The van der Waals surface area contributed by atoms with E-state index in [1.807, 2.05) is 24.4 Å². The van der Waals surface area contributed by atoms with Gasteiger partial charge in [-0.15, -0.1) is 0 Å². The van der Waals surface area contributed by atoms with Gasteiger partial charge < -0.3 is 9.80 Å². The molecule has 0 bridgehead atoms. The maximum Gasteiger partial charge on any atom is 0.0980 e. The molecule has 0 N–H and O–H groups in total. The van der Waals surface area contributed by atoms with E-state index in [-0.39, 0.29) is 0 Å². The lowest BCUT2D eigenvalue weighted by atomic mass is 9.97. The third-order valence-electron chi connectivity index (χ3n) is 9.22. The van der Waals surface area contributed by atoms with Gasteiger partial charge in [0.05, 0.1) is 22.9 Å². The van der Waals surface area contributed by atoms with Crippen molar-refractivity contribution in [3.63, 3.8) is 0 Å². The molecule has 0 aliphatic carbocycles. The summed E-state index contributed by atoms with van der Waals surface area (Å²) in [5.74, 6) is 0. The smallest absolute Gasteiger partial charge is 0.0980 e. The number of fused-ring (bicyclic) bond motifs is 6. The van der Waals surface area contributed by atoms with E-state index in [0.717, 1.165) is 78.0 Å². The van der Waals surface area contributed by atoms with Crippen LogP contribution in [-0.2, 0) is 0 Å². The third-order valence-corrected chi connectivity index (χ3v) is 9.22. The van der Waals surface area contributed by atoms with Gasteiger partial charge in [0.15, 0.2) is 0 Å². The third kappa shape index (κ3) is 5.29. The number of anilines is 6. The summed E-state index contributed by atoms with van der Waals surface area (Å²) in [7, 11) is 0. The fraction of sp³-hybridized carbons (Fsp3) is 0. The Morgan fingerprint density at radius 2 is 0.700 bits per heavy atom. The van der Waals surface area contributed by atoms with Crippen LogP contribution in [0.4, 0.5) is 34.1 Å². The van der Waals surface area contributed by atoms with Crippen molar-refractivity contribution in [1.82, 2.24) is 9.97 Å². The molecule has 0 amide bonds. The zero-order valence-corrected chi connectivity index (χ0v) is 27.3. The van der Waals surface area contributed by atoms with E-state index >= 15 is 0 Å². The van der Waals surface area contributed by atoms with Gasteiger partial charge >= 0.3 is 0 Å². The Balaban J connectivity index is 1.32. The molecule has 0 radical (unpaired) electrons. The second kappa shape index (κ2) is 12.7. The largest absolute Gasteiger partial charge is 0.310 e. The molecule has 0 aliphatic heterocycles. The molecule has 4 heteroatoms. The highest BCUT2D eigenvalue weighted by Crippen LogP contribution is 2.43. The highest BCUT2D eigenvalue weighted by atomic mass is 15.1. The van der Waals surface area contributed by atoms with E-state index in [4.69, 9.17) is 9.97 Å². The minimum atomic E-state index is 0.846. The van der Waals surface area contributed by atoms with Crippen LogP contribution in [0, 0.1) is 0 Å². The highest BCUT2D eigenvalue weighted by Gasteiger charge is 2.19. The van der Waals surface area contributed by atoms with Gasteiger partial charge in [-0.25, -0.2) is 4.98 Å². The Morgan fingerprint density at radius 1 is 0.320 bits per heavy atom. The standard InChI is InChI=1S/C46H32N4/c1-6-16-33(17-7-1)44-32-47-45-42-30-38(49(34-18-8-2-9-19-34)35-20-10-3-11-21-35)26-28-40(42)41-29-27-39(31-43(41)46(45)48-44)50(36-22-12-4-13-23-36)37-24-14-5-15-25-37/h1-32H. The van der Waals surface area contributed by atoms with Gasteiger partial charge in [-0.1, -0.05) is 115 Å². The number of nitrogens with zero attached hydrogens (tertiary/aromatic N) is 4. The van der Waals surface area contributed by atoms with Crippen molar-refractivity contribution in [2.45, 2.75) is 0 Å². The minimum absolute atomic E-state index is 0.846. The number of hydrogen-bond acceptors (Lipinski definition) is 4. The number of rotatable bonds is 7. The molecule has 1 aromatic heterocycles. The van der Waals surface area contributed by atoms with Crippen LogP contribution in [0.15, 0.2) is 194 Å². The fourth-order valence-corrected chi connectivity index (χ4v) is 6.93. The van der Waals surface area contributed by atoms with Gasteiger partial charge in [0.1, 0.15) is 0 Å². The van der Waals surface area contributed by atoms with Crippen molar-refractivity contribution in [1.29, 1.82) is 0 Å². The van der Waals surface area contributed by atoms with Crippen molar-refractivity contribution >= 4 is 66.7 Å². The molecule has 236 valence electrons. The van der Waals surface area contributed by atoms with Gasteiger partial charge in [0.25, 0.3) is 0 Å². The summed E-state index contributed by atoms with van der Waals surface area (Å²) in [6.07, 6.45) is 1.91.